The molecule has 1 aromatic rings. The summed E-state index contributed by atoms with van der Waals surface area (Å²) in [6.07, 6.45) is 5.57. The minimum Gasteiger partial charge on any atom is -0.289 e. The number of hydrogen-bond acceptors (Lipinski definition) is 3. The molecule has 0 spiro atoms. The molecule has 6 heteroatoms. The Labute approximate surface area is 177 Å². The molecule has 27 heavy (non-hydrogen) atoms. The molecule has 1 unspecified atom stereocenters. The Morgan fingerprint density at radius 3 is 2.44 bits per heavy atom. The molecule has 1 atom stereocenters. The zero-order valence-electron chi connectivity index (χ0n) is 15.4. The van der Waals surface area contributed by atoms with E-state index in [9.17, 15) is 9.59 Å². The third-order valence-electron chi connectivity index (χ3n) is 4.56. The monoisotopic (exact) mass is 494 g/mol. The Kier molecular flexibility index (Phi) is 6.01. The van der Waals surface area contributed by atoms with Crippen LogP contribution in [0, 0.1) is 0 Å². The van der Waals surface area contributed by atoms with Gasteiger partial charge in [0.1, 0.15) is 0 Å². The molecule has 0 N–H and O–H groups in total. The number of anilines is 1. The van der Waals surface area contributed by atoms with Gasteiger partial charge in [0.15, 0.2) is 5.78 Å². The number of carbonyl (C=O) groups excluding carboxylic acids is 2. The topological polar surface area (TPSA) is 49.7 Å². The predicted molar refractivity (Wildman–Crippen MR) is 119 cm³/mol. The van der Waals surface area contributed by atoms with Gasteiger partial charge in [0.25, 0.3) is 5.91 Å². The highest BCUT2D eigenvalue weighted by Gasteiger charge is 2.33. The minimum absolute atomic E-state index is 0.0572. The van der Waals surface area contributed by atoms with Crippen LogP contribution in [0.3, 0.4) is 0 Å². The van der Waals surface area contributed by atoms with E-state index >= 15 is 0 Å². The van der Waals surface area contributed by atoms with E-state index in [-0.39, 0.29) is 15.6 Å². The molecule has 0 bridgehead atoms. The van der Waals surface area contributed by atoms with Crippen molar-refractivity contribution in [1.82, 2.24) is 0 Å². The first-order valence-corrected chi connectivity index (χ1v) is 10.4. The molecule has 0 saturated carbocycles. The molecule has 0 aromatic heterocycles. The fourth-order valence-corrected chi connectivity index (χ4v) is 4.39. The summed E-state index contributed by atoms with van der Waals surface area (Å²) in [5, 5.41) is 6.42. The Morgan fingerprint density at radius 1 is 1.15 bits per heavy atom. The van der Waals surface area contributed by atoms with Gasteiger partial charge in [0, 0.05) is 14.5 Å². The lowest BCUT2D eigenvalue weighted by Gasteiger charge is -2.19. The number of halogens is 2. The highest BCUT2D eigenvalue weighted by atomic mass is 127. The average molecular weight is 495 g/mol. The number of ketones is 1. The Morgan fingerprint density at radius 2 is 1.81 bits per heavy atom. The summed E-state index contributed by atoms with van der Waals surface area (Å²) in [7, 11) is 0. The molecule has 3 rings (SSSR count). The Bertz CT molecular complexity index is 926. The molecule has 140 valence electrons. The van der Waals surface area contributed by atoms with E-state index in [1.165, 1.54) is 5.01 Å². The quantitative estimate of drug-likeness (QED) is 0.319. The molecule has 1 aliphatic carbocycles. The third kappa shape index (κ3) is 3.94. The van der Waals surface area contributed by atoms with Crippen LogP contribution in [0.1, 0.15) is 33.6 Å². The van der Waals surface area contributed by atoms with Crippen molar-refractivity contribution in [2.24, 2.45) is 5.10 Å². The summed E-state index contributed by atoms with van der Waals surface area (Å²) >= 11 is 8.25. The molecular formula is C21H20ClIN2O2. The molecule has 1 aromatic carbocycles. The third-order valence-corrected chi connectivity index (χ3v) is 6.11. The normalized spacial score (nSPS) is 21.2. The largest absolute Gasteiger partial charge is 0.289 e. The van der Waals surface area contributed by atoms with Crippen LogP contribution >= 0.6 is 34.2 Å². The van der Waals surface area contributed by atoms with Crippen molar-refractivity contribution in [1.29, 1.82) is 0 Å². The number of benzene rings is 1. The molecule has 1 aliphatic heterocycles. The average Bonchev–Trinajstić information content (AvgIpc) is 2.92. The second-order valence-electron chi connectivity index (χ2n) is 6.62. The molecule has 2 aliphatic rings. The summed E-state index contributed by atoms with van der Waals surface area (Å²) in [4.78, 5) is 25.6. The Balaban J connectivity index is 2.04. The second kappa shape index (κ2) is 8.10. The number of allylic oxidation sites excluding steroid dienone is 5. The standard InChI is InChI=1S/C21H20ClIN2O2/c1-4-5-18(23)17-11-14(10-12(2)20(17)26)19-13(3)24-25(21(19)27)16-8-6-15(22)7-9-16/h6-11,18H,4-5H2,1-3H3/b19-14-. The van der Waals surface area contributed by atoms with Crippen molar-refractivity contribution >= 4 is 57.3 Å². The van der Waals surface area contributed by atoms with Gasteiger partial charge >= 0.3 is 0 Å². The van der Waals surface area contributed by atoms with Gasteiger partial charge < -0.3 is 0 Å². The van der Waals surface area contributed by atoms with Crippen LogP contribution in [0.4, 0.5) is 5.69 Å². The fraction of sp³-hybridized carbons (Fsp3) is 0.286. The maximum Gasteiger partial charge on any atom is 0.281 e. The minimum atomic E-state index is -0.195. The van der Waals surface area contributed by atoms with Gasteiger partial charge in [-0.2, -0.15) is 10.1 Å². The van der Waals surface area contributed by atoms with Crippen molar-refractivity contribution in [3.05, 3.63) is 63.7 Å². The van der Waals surface area contributed by atoms with Crippen molar-refractivity contribution < 1.29 is 9.59 Å². The van der Waals surface area contributed by atoms with E-state index in [1.807, 2.05) is 13.0 Å². The maximum absolute atomic E-state index is 13.1. The van der Waals surface area contributed by atoms with Crippen LogP contribution < -0.4 is 5.01 Å². The van der Waals surface area contributed by atoms with Gasteiger partial charge in [-0.3, -0.25) is 9.59 Å². The predicted octanol–water partition coefficient (Wildman–Crippen LogP) is 5.42. The van der Waals surface area contributed by atoms with Crippen LogP contribution in [-0.2, 0) is 9.59 Å². The number of carbonyl (C=O) groups is 2. The van der Waals surface area contributed by atoms with E-state index in [2.05, 4.69) is 34.6 Å². The molecule has 0 radical (unpaired) electrons. The number of rotatable bonds is 4. The number of hydrogen-bond donors (Lipinski definition) is 0. The van der Waals surface area contributed by atoms with E-state index in [0.717, 1.165) is 24.0 Å². The first kappa shape index (κ1) is 20.0. The first-order valence-electron chi connectivity index (χ1n) is 8.82. The van der Waals surface area contributed by atoms with Crippen molar-refractivity contribution in [3.63, 3.8) is 0 Å². The lowest BCUT2D eigenvalue weighted by atomic mass is 9.88. The highest BCUT2D eigenvalue weighted by molar-refractivity contribution is 14.1. The van der Waals surface area contributed by atoms with E-state index in [4.69, 9.17) is 11.6 Å². The summed E-state index contributed by atoms with van der Waals surface area (Å²) in [5.41, 5.74) is 3.99. The SMILES string of the molecule is CCCC(I)C1=C/C(=C2\C(=O)N(c3ccc(Cl)cc3)N=C2C)C=C(C)C1=O. The maximum atomic E-state index is 13.1. The van der Waals surface area contributed by atoms with Crippen molar-refractivity contribution in [3.8, 4) is 0 Å². The van der Waals surface area contributed by atoms with Crippen molar-refractivity contribution in [2.45, 2.75) is 37.5 Å². The number of Topliss-reactive ketones (excluding diaryl/α,β-unsaturated/α-hetero) is 1. The summed E-state index contributed by atoms with van der Waals surface area (Å²) in [5.74, 6) is -0.138. The van der Waals surface area contributed by atoms with Gasteiger partial charge in [0.2, 0.25) is 0 Å². The van der Waals surface area contributed by atoms with Gasteiger partial charge in [0.05, 0.1) is 17.0 Å². The van der Waals surface area contributed by atoms with E-state index in [0.29, 0.717) is 27.6 Å². The zero-order valence-corrected chi connectivity index (χ0v) is 18.3. The number of alkyl halides is 1. The van der Waals surface area contributed by atoms with Crippen molar-refractivity contribution in [2.75, 3.05) is 5.01 Å². The number of amides is 1. The second-order valence-corrected chi connectivity index (χ2v) is 8.56. The van der Waals surface area contributed by atoms with Crippen LogP contribution in [0.5, 0.6) is 0 Å². The number of hydrazone groups is 1. The van der Waals surface area contributed by atoms with E-state index in [1.54, 1.807) is 37.3 Å². The van der Waals surface area contributed by atoms with E-state index < -0.39 is 0 Å². The van der Waals surface area contributed by atoms with Gasteiger partial charge in [-0.15, -0.1) is 0 Å². The van der Waals surface area contributed by atoms with Crippen LogP contribution in [0.2, 0.25) is 5.02 Å². The molecule has 1 amide bonds. The zero-order chi connectivity index (χ0) is 19.7. The van der Waals surface area contributed by atoms with Gasteiger partial charge in [-0.1, -0.05) is 47.5 Å². The van der Waals surface area contributed by atoms with Crippen LogP contribution in [0.25, 0.3) is 0 Å². The lowest BCUT2D eigenvalue weighted by Crippen LogP contribution is -2.23. The summed E-state index contributed by atoms with van der Waals surface area (Å²) < 4.78 is 0.125. The highest BCUT2D eigenvalue weighted by Crippen LogP contribution is 2.32. The van der Waals surface area contributed by atoms with Gasteiger partial charge in [-0.05, 0) is 67.8 Å². The Hall–Kier alpha value is -1.73. The molecular weight excluding hydrogens is 475 g/mol. The summed E-state index contributed by atoms with van der Waals surface area (Å²) in [6, 6.07) is 6.98. The molecule has 0 fully saturated rings. The first-order chi connectivity index (χ1) is 12.8. The smallest absolute Gasteiger partial charge is 0.281 e. The van der Waals surface area contributed by atoms with Crippen LogP contribution in [0.15, 0.2) is 63.8 Å². The number of nitrogens with zero attached hydrogens (tertiary/aromatic N) is 2. The molecule has 1 heterocycles. The lowest BCUT2D eigenvalue weighted by molar-refractivity contribution is -0.114. The van der Waals surface area contributed by atoms with Crippen LogP contribution in [-0.4, -0.2) is 21.3 Å². The van der Waals surface area contributed by atoms with Gasteiger partial charge in [-0.25, -0.2) is 0 Å². The molecule has 4 nitrogen and oxygen atoms in total. The molecule has 0 saturated heterocycles. The summed E-state index contributed by atoms with van der Waals surface area (Å²) in [6.45, 7) is 5.72. The fourth-order valence-electron chi connectivity index (χ4n) is 3.18.